The summed E-state index contributed by atoms with van der Waals surface area (Å²) in [6.07, 6.45) is 2.29. The monoisotopic (exact) mass is 224 g/mol. The molecule has 0 atom stereocenters. The van der Waals surface area contributed by atoms with Gasteiger partial charge in [-0.15, -0.1) is 0 Å². The molecule has 1 aromatic rings. The first-order valence-corrected chi connectivity index (χ1v) is 5.31. The molecule has 88 valence electrons. The van der Waals surface area contributed by atoms with Crippen LogP contribution >= 0.6 is 0 Å². The van der Waals surface area contributed by atoms with Gasteiger partial charge in [0.25, 0.3) is 0 Å². The Hall–Kier alpha value is -1.58. The predicted octanol–water partition coefficient (Wildman–Crippen LogP) is 2.62. The summed E-state index contributed by atoms with van der Waals surface area (Å²) in [7, 11) is 0. The molecule has 0 saturated heterocycles. The number of benzene rings is 1. The van der Waals surface area contributed by atoms with Crippen LogP contribution in [0, 0.1) is 18.2 Å². The van der Waals surface area contributed by atoms with Crippen molar-refractivity contribution in [2.75, 3.05) is 6.61 Å². The van der Waals surface area contributed by atoms with Gasteiger partial charge < -0.3 is 10.5 Å². The van der Waals surface area contributed by atoms with Crippen LogP contribution in [-0.2, 0) is 0 Å². The Kier molecular flexibility index (Phi) is 4.76. The molecule has 0 saturated carbocycles. The second-order valence-corrected chi connectivity index (χ2v) is 3.74. The number of amidine groups is 1. The Bertz CT molecular complexity index is 366. The van der Waals surface area contributed by atoms with Gasteiger partial charge in [0.05, 0.1) is 12.4 Å². The zero-order valence-corrected chi connectivity index (χ0v) is 9.42. The maximum Gasteiger partial charge on any atom is 0.123 e. The van der Waals surface area contributed by atoms with E-state index < -0.39 is 0 Å². The summed E-state index contributed by atoms with van der Waals surface area (Å²) in [5, 5.41) is 7.05. The van der Waals surface area contributed by atoms with E-state index in [-0.39, 0.29) is 11.7 Å². The van der Waals surface area contributed by atoms with Crippen molar-refractivity contribution in [2.24, 2.45) is 5.73 Å². The van der Waals surface area contributed by atoms with Gasteiger partial charge in [-0.1, -0.05) is 0 Å². The standard InChI is InChI=1S/C12H17FN2O/c1-9-8-10(13)5-6-11(9)16-7-3-2-4-12(14)15/h5-6,8H,2-4,7H2,1H3,(H3,14,15). The van der Waals surface area contributed by atoms with Gasteiger partial charge in [-0.2, -0.15) is 0 Å². The van der Waals surface area contributed by atoms with Crippen LogP contribution in [0.4, 0.5) is 4.39 Å². The molecule has 0 aliphatic heterocycles. The highest BCUT2D eigenvalue weighted by molar-refractivity contribution is 5.76. The summed E-state index contributed by atoms with van der Waals surface area (Å²) < 4.78 is 18.3. The second kappa shape index (κ2) is 6.10. The molecule has 0 amide bonds. The molecule has 3 N–H and O–H groups in total. The fourth-order valence-corrected chi connectivity index (χ4v) is 1.37. The first kappa shape index (κ1) is 12.5. The lowest BCUT2D eigenvalue weighted by Gasteiger charge is -2.08. The number of nitrogens with two attached hydrogens (primary N) is 1. The van der Waals surface area contributed by atoms with Crippen LogP contribution in [0.3, 0.4) is 0 Å². The third kappa shape index (κ3) is 4.29. The Morgan fingerprint density at radius 3 is 2.81 bits per heavy atom. The van der Waals surface area contributed by atoms with E-state index in [9.17, 15) is 4.39 Å². The zero-order valence-electron chi connectivity index (χ0n) is 9.42. The Balaban J connectivity index is 2.29. The summed E-state index contributed by atoms with van der Waals surface area (Å²) in [5.41, 5.74) is 6.03. The lowest BCUT2D eigenvalue weighted by Crippen LogP contribution is -2.09. The largest absolute Gasteiger partial charge is 0.493 e. The molecule has 0 aliphatic carbocycles. The number of aryl methyl sites for hydroxylation is 1. The molecular weight excluding hydrogens is 207 g/mol. The topological polar surface area (TPSA) is 59.1 Å². The van der Waals surface area contributed by atoms with E-state index >= 15 is 0 Å². The maximum atomic E-state index is 12.8. The van der Waals surface area contributed by atoms with Crippen LogP contribution in [0.5, 0.6) is 5.75 Å². The van der Waals surface area contributed by atoms with Crippen molar-refractivity contribution in [1.82, 2.24) is 0 Å². The van der Waals surface area contributed by atoms with Crippen LogP contribution < -0.4 is 10.5 Å². The minimum atomic E-state index is -0.249. The van der Waals surface area contributed by atoms with Crippen LogP contribution in [0.25, 0.3) is 0 Å². The van der Waals surface area contributed by atoms with E-state index in [1.165, 1.54) is 12.1 Å². The molecule has 0 aliphatic rings. The molecular formula is C12H17FN2O. The van der Waals surface area contributed by atoms with Gasteiger partial charge in [0.15, 0.2) is 0 Å². The van der Waals surface area contributed by atoms with Gasteiger partial charge in [-0.05, 0) is 43.5 Å². The van der Waals surface area contributed by atoms with Crippen molar-refractivity contribution in [3.8, 4) is 5.75 Å². The smallest absolute Gasteiger partial charge is 0.123 e. The average Bonchev–Trinajstić information content (AvgIpc) is 2.20. The minimum absolute atomic E-state index is 0.206. The van der Waals surface area contributed by atoms with E-state index in [2.05, 4.69) is 0 Å². The van der Waals surface area contributed by atoms with E-state index in [1.54, 1.807) is 6.07 Å². The summed E-state index contributed by atoms with van der Waals surface area (Å²) in [6.45, 7) is 2.38. The molecule has 0 radical (unpaired) electrons. The Labute approximate surface area is 94.9 Å². The number of ether oxygens (including phenoxy) is 1. The first-order valence-electron chi connectivity index (χ1n) is 5.31. The fourth-order valence-electron chi connectivity index (χ4n) is 1.37. The molecule has 3 nitrogen and oxygen atoms in total. The van der Waals surface area contributed by atoms with Gasteiger partial charge >= 0.3 is 0 Å². The quantitative estimate of drug-likeness (QED) is 0.443. The van der Waals surface area contributed by atoms with Gasteiger partial charge in [0, 0.05) is 6.42 Å². The lowest BCUT2D eigenvalue weighted by atomic mass is 10.2. The number of hydrogen-bond acceptors (Lipinski definition) is 2. The summed E-state index contributed by atoms with van der Waals surface area (Å²) >= 11 is 0. The van der Waals surface area contributed by atoms with Crippen LogP contribution in [0.15, 0.2) is 18.2 Å². The van der Waals surface area contributed by atoms with E-state index in [0.717, 1.165) is 18.4 Å². The van der Waals surface area contributed by atoms with E-state index in [4.69, 9.17) is 15.9 Å². The van der Waals surface area contributed by atoms with Crippen molar-refractivity contribution in [3.05, 3.63) is 29.6 Å². The van der Waals surface area contributed by atoms with Crippen molar-refractivity contribution in [1.29, 1.82) is 5.41 Å². The number of rotatable bonds is 6. The molecule has 4 heteroatoms. The van der Waals surface area contributed by atoms with Crippen molar-refractivity contribution in [3.63, 3.8) is 0 Å². The summed E-state index contributed by atoms with van der Waals surface area (Å²) in [5.74, 6) is 0.670. The normalized spacial score (nSPS) is 10.1. The highest BCUT2D eigenvalue weighted by Crippen LogP contribution is 2.18. The lowest BCUT2D eigenvalue weighted by molar-refractivity contribution is 0.305. The van der Waals surface area contributed by atoms with Crippen LogP contribution in [0.1, 0.15) is 24.8 Å². The fraction of sp³-hybridized carbons (Fsp3) is 0.417. The van der Waals surface area contributed by atoms with Crippen molar-refractivity contribution >= 4 is 5.84 Å². The van der Waals surface area contributed by atoms with E-state index in [1.807, 2.05) is 6.92 Å². The number of nitrogens with one attached hydrogen (secondary N) is 1. The summed E-state index contributed by atoms with van der Waals surface area (Å²) in [6, 6.07) is 4.47. The zero-order chi connectivity index (χ0) is 12.0. The van der Waals surface area contributed by atoms with Gasteiger partial charge in [0.2, 0.25) is 0 Å². The molecule has 0 heterocycles. The third-order valence-electron chi connectivity index (χ3n) is 2.23. The number of hydrogen-bond donors (Lipinski definition) is 2. The molecule has 0 spiro atoms. The Morgan fingerprint density at radius 2 is 2.19 bits per heavy atom. The van der Waals surface area contributed by atoms with Gasteiger partial charge in [0.1, 0.15) is 11.6 Å². The molecule has 0 bridgehead atoms. The Morgan fingerprint density at radius 1 is 1.44 bits per heavy atom. The molecule has 0 fully saturated rings. The maximum absolute atomic E-state index is 12.8. The highest BCUT2D eigenvalue weighted by atomic mass is 19.1. The van der Waals surface area contributed by atoms with Gasteiger partial charge in [-0.3, -0.25) is 5.41 Å². The molecule has 1 rings (SSSR count). The van der Waals surface area contributed by atoms with Crippen LogP contribution in [-0.4, -0.2) is 12.4 Å². The van der Waals surface area contributed by atoms with E-state index in [0.29, 0.717) is 18.8 Å². The average molecular weight is 224 g/mol. The summed E-state index contributed by atoms with van der Waals surface area (Å²) in [4.78, 5) is 0. The highest BCUT2D eigenvalue weighted by Gasteiger charge is 2.00. The molecule has 0 unspecified atom stereocenters. The number of unbranched alkanes of at least 4 members (excludes halogenated alkanes) is 1. The number of halogens is 1. The molecule has 0 aromatic heterocycles. The third-order valence-corrected chi connectivity index (χ3v) is 2.23. The first-order chi connectivity index (χ1) is 7.59. The van der Waals surface area contributed by atoms with Crippen molar-refractivity contribution in [2.45, 2.75) is 26.2 Å². The predicted molar refractivity (Wildman–Crippen MR) is 62.4 cm³/mol. The second-order valence-electron chi connectivity index (χ2n) is 3.74. The van der Waals surface area contributed by atoms with Crippen LogP contribution in [0.2, 0.25) is 0 Å². The van der Waals surface area contributed by atoms with Crippen molar-refractivity contribution < 1.29 is 9.13 Å². The SMILES string of the molecule is Cc1cc(F)ccc1OCCCCC(=N)N. The van der Waals surface area contributed by atoms with Gasteiger partial charge in [-0.25, -0.2) is 4.39 Å². The minimum Gasteiger partial charge on any atom is -0.493 e. The molecule has 1 aromatic carbocycles. The molecule has 16 heavy (non-hydrogen) atoms.